The van der Waals surface area contributed by atoms with Crippen molar-refractivity contribution in [1.29, 1.82) is 0 Å². The van der Waals surface area contributed by atoms with Gasteiger partial charge >= 0.3 is 0 Å². The van der Waals surface area contributed by atoms with Crippen LogP contribution in [0.1, 0.15) is 27.9 Å². The van der Waals surface area contributed by atoms with E-state index < -0.39 is 0 Å². The molecule has 0 atom stereocenters. The molecule has 0 aromatic heterocycles. The molecule has 1 aliphatic heterocycles. The zero-order valence-electron chi connectivity index (χ0n) is 8.63. The standard InChI is InChI=1S/C12H12O2S/c1-14-10-6-7-4-5-15-12(7)11-8(10)2-3-9(11)13/h6H,2-5H2,1H3. The lowest BCUT2D eigenvalue weighted by Crippen LogP contribution is -1.98. The second kappa shape index (κ2) is 3.27. The fourth-order valence-corrected chi connectivity index (χ4v) is 3.69. The van der Waals surface area contributed by atoms with Gasteiger partial charge in [0.2, 0.25) is 0 Å². The van der Waals surface area contributed by atoms with Crippen molar-refractivity contribution in [2.24, 2.45) is 0 Å². The van der Waals surface area contributed by atoms with Crippen molar-refractivity contribution in [1.82, 2.24) is 0 Å². The normalized spacial score (nSPS) is 17.8. The first-order valence-corrected chi connectivity index (χ1v) is 6.18. The summed E-state index contributed by atoms with van der Waals surface area (Å²) in [4.78, 5) is 13.1. The maximum Gasteiger partial charge on any atom is 0.164 e. The monoisotopic (exact) mass is 220 g/mol. The smallest absolute Gasteiger partial charge is 0.164 e. The summed E-state index contributed by atoms with van der Waals surface area (Å²) >= 11 is 1.82. The molecule has 78 valence electrons. The van der Waals surface area contributed by atoms with Crippen LogP contribution in [0.3, 0.4) is 0 Å². The van der Waals surface area contributed by atoms with Gasteiger partial charge in [-0.15, -0.1) is 11.8 Å². The van der Waals surface area contributed by atoms with E-state index in [9.17, 15) is 4.79 Å². The van der Waals surface area contributed by atoms with Crippen LogP contribution in [0.15, 0.2) is 11.0 Å². The molecule has 0 amide bonds. The molecule has 1 heterocycles. The van der Waals surface area contributed by atoms with Crippen molar-refractivity contribution >= 4 is 17.5 Å². The number of hydrogen-bond acceptors (Lipinski definition) is 3. The molecule has 0 unspecified atom stereocenters. The van der Waals surface area contributed by atoms with E-state index in [0.717, 1.165) is 35.5 Å². The van der Waals surface area contributed by atoms with E-state index in [1.807, 2.05) is 11.8 Å². The summed E-state index contributed by atoms with van der Waals surface area (Å²) < 4.78 is 5.37. The van der Waals surface area contributed by atoms with Gasteiger partial charge in [-0.05, 0) is 24.5 Å². The summed E-state index contributed by atoms with van der Waals surface area (Å²) in [5.74, 6) is 2.31. The molecule has 0 fully saturated rings. The Morgan fingerprint density at radius 2 is 2.20 bits per heavy atom. The third-order valence-electron chi connectivity index (χ3n) is 3.14. The molecule has 2 nitrogen and oxygen atoms in total. The maximum atomic E-state index is 11.8. The number of aryl methyl sites for hydroxylation is 1. The van der Waals surface area contributed by atoms with Crippen LogP contribution in [0.4, 0.5) is 0 Å². The molecule has 0 bridgehead atoms. The van der Waals surface area contributed by atoms with Gasteiger partial charge in [0.1, 0.15) is 5.75 Å². The van der Waals surface area contributed by atoms with Crippen molar-refractivity contribution in [3.05, 3.63) is 22.8 Å². The van der Waals surface area contributed by atoms with Gasteiger partial charge < -0.3 is 4.74 Å². The molecule has 2 aliphatic rings. The van der Waals surface area contributed by atoms with Crippen LogP contribution in [-0.4, -0.2) is 18.6 Å². The Morgan fingerprint density at radius 1 is 1.33 bits per heavy atom. The fourth-order valence-electron chi connectivity index (χ4n) is 2.43. The van der Waals surface area contributed by atoms with Gasteiger partial charge in [0.15, 0.2) is 5.78 Å². The molecule has 0 radical (unpaired) electrons. The van der Waals surface area contributed by atoms with Crippen LogP contribution >= 0.6 is 11.8 Å². The second-order valence-electron chi connectivity index (χ2n) is 3.94. The number of carbonyl (C=O) groups excluding carboxylic acids is 1. The largest absolute Gasteiger partial charge is 0.496 e. The number of carbonyl (C=O) groups is 1. The summed E-state index contributed by atoms with van der Waals surface area (Å²) in [5, 5.41) is 0. The Labute approximate surface area is 93.0 Å². The van der Waals surface area contributed by atoms with Crippen LogP contribution < -0.4 is 4.74 Å². The van der Waals surface area contributed by atoms with Crippen LogP contribution in [0.2, 0.25) is 0 Å². The summed E-state index contributed by atoms with van der Waals surface area (Å²) in [6, 6.07) is 2.12. The average Bonchev–Trinajstić information content (AvgIpc) is 2.83. The predicted molar refractivity (Wildman–Crippen MR) is 60.1 cm³/mol. The van der Waals surface area contributed by atoms with E-state index in [1.165, 1.54) is 10.5 Å². The van der Waals surface area contributed by atoms with Crippen molar-refractivity contribution in [3.8, 4) is 5.75 Å². The highest BCUT2D eigenvalue weighted by atomic mass is 32.2. The van der Waals surface area contributed by atoms with Crippen molar-refractivity contribution in [3.63, 3.8) is 0 Å². The minimum Gasteiger partial charge on any atom is -0.496 e. The Hall–Kier alpha value is -0.960. The molecule has 1 aliphatic carbocycles. The first kappa shape index (κ1) is 9.28. The summed E-state index contributed by atoms with van der Waals surface area (Å²) in [6.07, 6.45) is 2.57. The van der Waals surface area contributed by atoms with E-state index in [1.54, 1.807) is 7.11 Å². The van der Waals surface area contributed by atoms with Crippen molar-refractivity contribution in [2.75, 3.05) is 12.9 Å². The lowest BCUT2D eigenvalue weighted by molar-refractivity contribution is 0.0992. The van der Waals surface area contributed by atoms with Gasteiger partial charge in [-0.25, -0.2) is 0 Å². The van der Waals surface area contributed by atoms with E-state index >= 15 is 0 Å². The minimum atomic E-state index is 0.301. The van der Waals surface area contributed by atoms with Gasteiger partial charge in [0.05, 0.1) is 7.11 Å². The molecule has 1 aromatic carbocycles. The summed E-state index contributed by atoms with van der Waals surface area (Å²) in [6.45, 7) is 0. The van der Waals surface area contributed by atoms with Crippen molar-refractivity contribution in [2.45, 2.75) is 24.2 Å². The van der Waals surface area contributed by atoms with Crippen LogP contribution in [0.25, 0.3) is 0 Å². The molecule has 0 saturated carbocycles. The molecule has 1 aromatic rings. The number of benzene rings is 1. The maximum absolute atomic E-state index is 11.8. The first-order valence-electron chi connectivity index (χ1n) is 5.20. The van der Waals surface area contributed by atoms with Gasteiger partial charge in [-0.1, -0.05) is 0 Å². The summed E-state index contributed by atoms with van der Waals surface area (Å²) in [5.41, 5.74) is 3.40. The highest BCUT2D eigenvalue weighted by Gasteiger charge is 2.30. The van der Waals surface area contributed by atoms with Gasteiger partial charge in [-0.2, -0.15) is 0 Å². The topological polar surface area (TPSA) is 26.3 Å². The van der Waals surface area contributed by atoms with E-state index in [-0.39, 0.29) is 0 Å². The highest BCUT2D eigenvalue weighted by Crippen LogP contribution is 2.43. The number of hydrogen-bond donors (Lipinski definition) is 0. The Bertz CT molecular complexity index is 451. The van der Waals surface area contributed by atoms with E-state index in [0.29, 0.717) is 12.2 Å². The van der Waals surface area contributed by atoms with Crippen LogP contribution in [0, 0.1) is 0 Å². The molecular weight excluding hydrogens is 208 g/mol. The molecule has 0 saturated heterocycles. The minimum absolute atomic E-state index is 0.301. The number of rotatable bonds is 1. The molecular formula is C12H12O2S. The SMILES string of the molecule is COc1cc2c(c3c1CCC3=O)SCC2. The number of methoxy groups -OCH3 is 1. The molecule has 15 heavy (non-hydrogen) atoms. The Balaban J connectivity index is 2.29. The lowest BCUT2D eigenvalue weighted by Gasteiger charge is -2.10. The van der Waals surface area contributed by atoms with Gasteiger partial charge in [0.25, 0.3) is 0 Å². The third-order valence-corrected chi connectivity index (χ3v) is 4.31. The van der Waals surface area contributed by atoms with Crippen molar-refractivity contribution < 1.29 is 9.53 Å². The third kappa shape index (κ3) is 1.22. The van der Waals surface area contributed by atoms with Crippen LogP contribution in [-0.2, 0) is 12.8 Å². The molecule has 3 heteroatoms. The van der Waals surface area contributed by atoms with Gasteiger partial charge in [0, 0.05) is 28.2 Å². The molecule has 0 N–H and O–H groups in total. The number of ether oxygens (including phenoxy) is 1. The highest BCUT2D eigenvalue weighted by molar-refractivity contribution is 7.99. The van der Waals surface area contributed by atoms with E-state index in [2.05, 4.69) is 6.07 Å². The second-order valence-corrected chi connectivity index (χ2v) is 5.05. The number of ketones is 1. The first-order chi connectivity index (χ1) is 7.31. The van der Waals surface area contributed by atoms with E-state index in [4.69, 9.17) is 4.74 Å². The Kier molecular flexibility index (Phi) is 2.02. The molecule has 0 spiro atoms. The number of Topliss-reactive ketones (excluding diaryl/α,β-unsaturated/α-hetero) is 1. The number of thioether (sulfide) groups is 1. The summed E-state index contributed by atoms with van der Waals surface area (Å²) in [7, 11) is 1.69. The lowest BCUT2D eigenvalue weighted by atomic mass is 10.0. The fraction of sp³-hybridized carbons (Fsp3) is 0.417. The predicted octanol–water partition coefficient (Wildman–Crippen LogP) is 2.47. The quantitative estimate of drug-likeness (QED) is 0.727. The molecule has 3 rings (SSSR count). The zero-order valence-corrected chi connectivity index (χ0v) is 9.45. The zero-order chi connectivity index (χ0) is 10.4. The van der Waals surface area contributed by atoms with Gasteiger partial charge in [-0.3, -0.25) is 4.79 Å². The average molecular weight is 220 g/mol. The number of fused-ring (bicyclic) bond motifs is 3. The van der Waals surface area contributed by atoms with Crippen LogP contribution in [0.5, 0.6) is 5.75 Å². The Morgan fingerprint density at radius 3 is 3.00 bits per heavy atom.